The number of amides is 2. The van der Waals surface area contributed by atoms with Gasteiger partial charge < -0.3 is 10.2 Å². The Morgan fingerprint density at radius 2 is 1.70 bits per heavy atom. The highest BCUT2D eigenvalue weighted by molar-refractivity contribution is 5.94. The number of rotatable bonds is 5. The van der Waals surface area contributed by atoms with E-state index < -0.39 is 0 Å². The van der Waals surface area contributed by atoms with Crippen molar-refractivity contribution < 1.29 is 9.59 Å². The summed E-state index contributed by atoms with van der Waals surface area (Å²) in [5.74, 6) is 0.0222. The molecular formula is C23H26N2O2. The number of benzene rings is 2. The number of carbonyl (C=O) groups is 2. The van der Waals surface area contributed by atoms with Crippen molar-refractivity contribution in [3.05, 3.63) is 71.8 Å². The van der Waals surface area contributed by atoms with E-state index in [0.29, 0.717) is 25.9 Å². The van der Waals surface area contributed by atoms with Crippen LogP contribution in [0, 0.1) is 5.92 Å². The minimum Gasteiger partial charge on any atom is -0.339 e. The van der Waals surface area contributed by atoms with Gasteiger partial charge in [0.25, 0.3) is 0 Å². The Morgan fingerprint density at radius 1 is 1.04 bits per heavy atom. The van der Waals surface area contributed by atoms with Crippen molar-refractivity contribution in [2.45, 2.75) is 26.2 Å². The molecule has 0 atom stereocenters. The summed E-state index contributed by atoms with van der Waals surface area (Å²) in [5, 5.41) is 3.07. The first-order valence-electron chi connectivity index (χ1n) is 9.58. The molecule has 0 saturated carbocycles. The molecule has 1 heterocycles. The SMILES string of the molecule is CCc1ccccc1NC(=O)C1CCN(C(=O)/C=C/c2ccccc2)CC1. The van der Waals surface area contributed by atoms with Crippen LogP contribution in [0.15, 0.2) is 60.7 Å². The van der Waals surface area contributed by atoms with E-state index in [0.717, 1.165) is 23.2 Å². The highest BCUT2D eigenvalue weighted by Crippen LogP contribution is 2.22. The molecule has 0 radical (unpaired) electrons. The van der Waals surface area contributed by atoms with E-state index in [1.54, 1.807) is 6.08 Å². The van der Waals surface area contributed by atoms with E-state index in [1.807, 2.05) is 65.6 Å². The van der Waals surface area contributed by atoms with Crippen LogP contribution in [0.25, 0.3) is 6.08 Å². The van der Waals surface area contributed by atoms with Gasteiger partial charge in [0, 0.05) is 30.8 Å². The number of hydrogen-bond acceptors (Lipinski definition) is 2. The van der Waals surface area contributed by atoms with E-state index in [1.165, 1.54) is 0 Å². The smallest absolute Gasteiger partial charge is 0.246 e. The topological polar surface area (TPSA) is 49.4 Å². The van der Waals surface area contributed by atoms with Crippen molar-refractivity contribution in [1.29, 1.82) is 0 Å². The van der Waals surface area contributed by atoms with Crippen LogP contribution in [0.2, 0.25) is 0 Å². The molecule has 3 rings (SSSR count). The van der Waals surface area contributed by atoms with Gasteiger partial charge in [0.05, 0.1) is 0 Å². The van der Waals surface area contributed by atoms with Gasteiger partial charge in [0.1, 0.15) is 0 Å². The second-order valence-electron chi connectivity index (χ2n) is 6.84. The Kier molecular flexibility index (Phi) is 6.42. The minimum atomic E-state index is -0.0444. The number of piperidine rings is 1. The third-order valence-electron chi connectivity index (χ3n) is 5.05. The summed E-state index contributed by atoms with van der Waals surface area (Å²) >= 11 is 0. The molecule has 0 aliphatic carbocycles. The van der Waals surface area contributed by atoms with Gasteiger partial charge in [-0.25, -0.2) is 0 Å². The van der Waals surface area contributed by atoms with E-state index in [4.69, 9.17) is 0 Å². The van der Waals surface area contributed by atoms with Crippen LogP contribution >= 0.6 is 0 Å². The average Bonchev–Trinajstić information content (AvgIpc) is 2.73. The fourth-order valence-electron chi connectivity index (χ4n) is 3.38. The first-order valence-corrected chi connectivity index (χ1v) is 9.58. The van der Waals surface area contributed by atoms with Gasteiger partial charge in [-0.1, -0.05) is 55.5 Å². The fraction of sp³-hybridized carbons (Fsp3) is 0.304. The van der Waals surface area contributed by atoms with Gasteiger partial charge in [-0.05, 0) is 42.5 Å². The highest BCUT2D eigenvalue weighted by atomic mass is 16.2. The molecule has 0 bridgehead atoms. The summed E-state index contributed by atoms with van der Waals surface area (Å²) in [6.07, 6.45) is 5.74. The van der Waals surface area contributed by atoms with Crippen LogP contribution < -0.4 is 5.32 Å². The maximum atomic E-state index is 12.6. The molecule has 1 aliphatic heterocycles. The Balaban J connectivity index is 1.51. The van der Waals surface area contributed by atoms with Crippen LogP contribution in [0.1, 0.15) is 30.9 Å². The summed E-state index contributed by atoms with van der Waals surface area (Å²) in [5.41, 5.74) is 3.05. The molecule has 1 saturated heterocycles. The fourth-order valence-corrected chi connectivity index (χ4v) is 3.38. The summed E-state index contributed by atoms with van der Waals surface area (Å²) < 4.78 is 0. The molecule has 0 spiro atoms. The Hall–Kier alpha value is -2.88. The predicted molar refractivity (Wildman–Crippen MR) is 109 cm³/mol. The quantitative estimate of drug-likeness (QED) is 0.813. The zero-order valence-electron chi connectivity index (χ0n) is 15.7. The monoisotopic (exact) mass is 362 g/mol. The number of carbonyl (C=O) groups excluding carboxylic acids is 2. The number of hydrogen-bond donors (Lipinski definition) is 1. The molecule has 0 aromatic heterocycles. The van der Waals surface area contributed by atoms with E-state index in [2.05, 4.69) is 12.2 Å². The van der Waals surface area contributed by atoms with Crippen molar-refractivity contribution >= 4 is 23.6 Å². The molecular weight excluding hydrogens is 336 g/mol. The number of nitrogens with zero attached hydrogens (tertiary/aromatic N) is 1. The standard InChI is InChI=1S/C23H26N2O2/c1-2-19-10-6-7-11-21(19)24-23(27)20-14-16-25(17-15-20)22(26)13-12-18-8-4-3-5-9-18/h3-13,20H,2,14-17H2,1H3,(H,24,27)/b13-12+. The lowest BCUT2D eigenvalue weighted by Gasteiger charge is -2.30. The maximum absolute atomic E-state index is 12.6. The van der Waals surface area contributed by atoms with Crippen LogP contribution in [0.3, 0.4) is 0 Å². The Bertz CT molecular complexity index is 806. The number of aryl methyl sites for hydroxylation is 1. The van der Waals surface area contributed by atoms with Crippen molar-refractivity contribution in [3.63, 3.8) is 0 Å². The molecule has 2 aromatic rings. The largest absolute Gasteiger partial charge is 0.339 e. The number of para-hydroxylation sites is 1. The van der Waals surface area contributed by atoms with E-state index in [-0.39, 0.29) is 17.7 Å². The molecule has 4 nitrogen and oxygen atoms in total. The van der Waals surface area contributed by atoms with Gasteiger partial charge in [-0.15, -0.1) is 0 Å². The molecule has 4 heteroatoms. The van der Waals surface area contributed by atoms with Gasteiger partial charge in [0.2, 0.25) is 11.8 Å². The molecule has 2 amide bonds. The zero-order chi connectivity index (χ0) is 19.1. The van der Waals surface area contributed by atoms with Crippen LogP contribution in [0.5, 0.6) is 0 Å². The molecule has 2 aromatic carbocycles. The van der Waals surface area contributed by atoms with Crippen LogP contribution in [0.4, 0.5) is 5.69 Å². The second kappa shape index (κ2) is 9.17. The van der Waals surface area contributed by atoms with Gasteiger partial charge in [-0.2, -0.15) is 0 Å². The first kappa shape index (κ1) is 18.9. The summed E-state index contributed by atoms with van der Waals surface area (Å²) in [6, 6.07) is 17.7. The molecule has 1 fully saturated rings. The highest BCUT2D eigenvalue weighted by Gasteiger charge is 2.26. The Labute approximate surface area is 160 Å². The summed E-state index contributed by atoms with van der Waals surface area (Å²) in [7, 11) is 0. The van der Waals surface area contributed by atoms with Gasteiger partial charge in [-0.3, -0.25) is 9.59 Å². The van der Waals surface area contributed by atoms with E-state index in [9.17, 15) is 9.59 Å². The van der Waals surface area contributed by atoms with Gasteiger partial charge >= 0.3 is 0 Å². The van der Waals surface area contributed by atoms with Crippen LogP contribution in [-0.2, 0) is 16.0 Å². The van der Waals surface area contributed by atoms with Crippen molar-refractivity contribution in [1.82, 2.24) is 4.90 Å². The molecule has 140 valence electrons. The summed E-state index contributed by atoms with van der Waals surface area (Å²) in [6.45, 7) is 3.31. The Morgan fingerprint density at radius 3 is 2.41 bits per heavy atom. The molecule has 27 heavy (non-hydrogen) atoms. The summed E-state index contributed by atoms with van der Waals surface area (Å²) in [4.78, 5) is 26.8. The normalized spacial score (nSPS) is 15.1. The zero-order valence-corrected chi connectivity index (χ0v) is 15.7. The maximum Gasteiger partial charge on any atom is 0.246 e. The van der Waals surface area contributed by atoms with Gasteiger partial charge in [0.15, 0.2) is 0 Å². The molecule has 1 N–H and O–H groups in total. The number of anilines is 1. The second-order valence-corrected chi connectivity index (χ2v) is 6.84. The lowest BCUT2D eigenvalue weighted by Crippen LogP contribution is -2.40. The van der Waals surface area contributed by atoms with Crippen molar-refractivity contribution in [2.24, 2.45) is 5.92 Å². The van der Waals surface area contributed by atoms with Crippen molar-refractivity contribution in [2.75, 3.05) is 18.4 Å². The van der Waals surface area contributed by atoms with Crippen molar-refractivity contribution in [3.8, 4) is 0 Å². The molecule has 1 aliphatic rings. The lowest BCUT2D eigenvalue weighted by molar-refractivity contribution is -0.130. The van der Waals surface area contributed by atoms with Crippen LogP contribution in [-0.4, -0.2) is 29.8 Å². The molecule has 0 unspecified atom stereocenters. The predicted octanol–water partition coefficient (Wildman–Crippen LogP) is 4.14. The first-order chi connectivity index (χ1) is 13.2. The number of likely N-dealkylation sites (tertiary alicyclic amines) is 1. The third kappa shape index (κ3) is 5.07. The minimum absolute atomic E-state index is 0.00837. The van der Waals surface area contributed by atoms with E-state index >= 15 is 0 Å². The lowest BCUT2D eigenvalue weighted by atomic mass is 9.95. The number of nitrogens with one attached hydrogen (secondary N) is 1. The average molecular weight is 362 g/mol. The third-order valence-corrected chi connectivity index (χ3v) is 5.05.